The summed E-state index contributed by atoms with van der Waals surface area (Å²) in [6, 6.07) is 13.3. The second-order valence-corrected chi connectivity index (χ2v) is 6.75. The minimum Gasteiger partial charge on any atom is -0.231 e. The van der Waals surface area contributed by atoms with Crippen molar-refractivity contribution < 1.29 is 17.7 Å². The maximum Gasteiger partial charge on any atom is 0.416 e. The molecule has 2 aromatic carbocycles. The van der Waals surface area contributed by atoms with Gasteiger partial charge in [0.2, 0.25) is 0 Å². The molecule has 0 aliphatic heterocycles. The van der Waals surface area contributed by atoms with Crippen molar-refractivity contribution in [2.24, 2.45) is 0 Å². The van der Waals surface area contributed by atoms with Gasteiger partial charge in [-0.25, -0.2) is 9.88 Å². The molecule has 0 fully saturated rings. The largest absolute Gasteiger partial charge is 0.416 e. The summed E-state index contributed by atoms with van der Waals surface area (Å²) in [4.78, 5) is 0. The van der Waals surface area contributed by atoms with E-state index in [1.807, 2.05) is 41.1 Å². The first-order chi connectivity index (χ1) is 12.4. The number of allylic oxidation sites excluding steroid dienone is 1. The third-order valence-corrected chi connectivity index (χ3v) is 4.81. The van der Waals surface area contributed by atoms with Crippen molar-refractivity contribution in [2.45, 2.75) is 19.6 Å². The molecular formula is C20H18F3N2S+. The minimum absolute atomic E-state index is 0.398. The lowest BCUT2D eigenvalue weighted by Gasteiger charge is -2.08. The van der Waals surface area contributed by atoms with Crippen molar-refractivity contribution in [3.63, 3.8) is 0 Å². The van der Waals surface area contributed by atoms with Crippen LogP contribution in [-0.2, 0) is 12.7 Å². The van der Waals surface area contributed by atoms with E-state index >= 15 is 0 Å². The second-order valence-electron chi connectivity index (χ2n) is 5.89. The van der Waals surface area contributed by atoms with Crippen LogP contribution in [0.2, 0.25) is 0 Å². The molecule has 0 aliphatic rings. The summed E-state index contributed by atoms with van der Waals surface area (Å²) >= 11 is 1.45. The number of hydrogen-bond donors (Lipinski definition) is 1. The Bertz CT molecular complexity index is 912. The molecule has 0 spiro atoms. The topological polar surface area (TPSA) is 15.9 Å². The molecule has 0 amide bonds. The molecular weight excluding hydrogens is 357 g/mol. The SMILES string of the molecule is C=CC[n+]1c(-c2ccc(C)cc2)csc1Nc1cccc(C(F)(F)F)c1. The Morgan fingerprint density at radius 1 is 1.15 bits per heavy atom. The number of nitrogens with zero attached hydrogens (tertiary/aromatic N) is 1. The number of rotatable bonds is 5. The van der Waals surface area contributed by atoms with Crippen LogP contribution in [0.25, 0.3) is 11.3 Å². The number of alkyl halides is 3. The van der Waals surface area contributed by atoms with Crippen LogP contribution in [0.1, 0.15) is 11.1 Å². The van der Waals surface area contributed by atoms with Crippen LogP contribution in [0.3, 0.4) is 0 Å². The molecule has 0 unspecified atom stereocenters. The van der Waals surface area contributed by atoms with Crippen LogP contribution in [0.15, 0.2) is 66.6 Å². The Morgan fingerprint density at radius 2 is 1.88 bits per heavy atom. The van der Waals surface area contributed by atoms with E-state index in [0.29, 0.717) is 12.2 Å². The quantitative estimate of drug-likeness (QED) is 0.430. The molecule has 0 saturated carbocycles. The zero-order valence-electron chi connectivity index (χ0n) is 14.2. The fourth-order valence-electron chi connectivity index (χ4n) is 2.60. The third kappa shape index (κ3) is 3.96. The van der Waals surface area contributed by atoms with Gasteiger partial charge in [0.05, 0.1) is 5.56 Å². The molecule has 1 N–H and O–H groups in total. The lowest BCUT2D eigenvalue weighted by molar-refractivity contribution is -0.657. The van der Waals surface area contributed by atoms with E-state index in [1.54, 1.807) is 12.1 Å². The highest BCUT2D eigenvalue weighted by Gasteiger charge is 2.31. The molecule has 1 heterocycles. The van der Waals surface area contributed by atoms with E-state index in [2.05, 4.69) is 11.9 Å². The van der Waals surface area contributed by atoms with Gasteiger partial charge in [-0.05, 0) is 25.1 Å². The van der Waals surface area contributed by atoms with Crippen LogP contribution in [0, 0.1) is 6.92 Å². The van der Waals surface area contributed by atoms with Gasteiger partial charge in [-0.3, -0.25) is 0 Å². The Kier molecular flexibility index (Phi) is 5.13. The summed E-state index contributed by atoms with van der Waals surface area (Å²) < 4.78 is 40.8. The molecule has 3 aromatic rings. The first-order valence-electron chi connectivity index (χ1n) is 8.02. The number of halogens is 3. The van der Waals surface area contributed by atoms with Gasteiger partial charge in [-0.15, -0.1) is 0 Å². The molecule has 1 aromatic heterocycles. The molecule has 0 saturated heterocycles. The number of aromatic nitrogens is 1. The smallest absolute Gasteiger partial charge is 0.231 e. The zero-order chi connectivity index (χ0) is 18.7. The Hall–Kier alpha value is -2.60. The fraction of sp³-hybridized carbons (Fsp3) is 0.150. The Morgan fingerprint density at radius 3 is 2.54 bits per heavy atom. The van der Waals surface area contributed by atoms with Crippen molar-refractivity contribution in [3.05, 3.63) is 77.7 Å². The van der Waals surface area contributed by atoms with E-state index in [0.717, 1.165) is 28.5 Å². The number of aryl methyl sites for hydroxylation is 1. The fourth-order valence-corrected chi connectivity index (χ4v) is 3.56. The van der Waals surface area contributed by atoms with Gasteiger partial charge >= 0.3 is 11.3 Å². The van der Waals surface area contributed by atoms with Gasteiger partial charge in [0.15, 0.2) is 0 Å². The number of benzene rings is 2. The summed E-state index contributed by atoms with van der Waals surface area (Å²) in [6.45, 7) is 6.36. The number of thiazole rings is 1. The molecule has 0 atom stereocenters. The van der Waals surface area contributed by atoms with Crippen molar-refractivity contribution in [1.82, 2.24) is 0 Å². The summed E-state index contributed by atoms with van der Waals surface area (Å²) in [5.41, 5.74) is 2.93. The lowest BCUT2D eigenvalue weighted by Crippen LogP contribution is -2.35. The monoisotopic (exact) mass is 375 g/mol. The van der Waals surface area contributed by atoms with Crippen LogP contribution in [-0.4, -0.2) is 0 Å². The zero-order valence-corrected chi connectivity index (χ0v) is 15.0. The maximum atomic E-state index is 12.9. The molecule has 2 nitrogen and oxygen atoms in total. The van der Waals surface area contributed by atoms with Gasteiger partial charge in [-0.1, -0.05) is 59.9 Å². The molecule has 0 radical (unpaired) electrons. The van der Waals surface area contributed by atoms with Crippen molar-refractivity contribution >= 4 is 22.2 Å². The number of hydrogen-bond acceptors (Lipinski definition) is 2. The van der Waals surface area contributed by atoms with Crippen LogP contribution in [0.5, 0.6) is 0 Å². The summed E-state index contributed by atoms with van der Waals surface area (Å²) in [7, 11) is 0. The van der Waals surface area contributed by atoms with E-state index in [4.69, 9.17) is 0 Å². The standard InChI is InChI=1S/C20H17F3N2S/c1-3-11-25-18(15-9-7-14(2)8-10-15)13-26-19(25)24-17-6-4-5-16(12-17)20(21,22)23/h3-10,12-13H,1,11H2,2H3/p+1. The predicted molar refractivity (Wildman–Crippen MR) is 99.6 cm³/mol. The van der Waals surface area contributed by atoms with Gasteiger partial charge < -0.3 is 0 Å². The van der Waals surface area contributed by atoms with Crippen molar-refractivity contribution in [2.75, 3.05) is 5.32 Å². The molecule has 134 valence electrons. The second kappa shape index (κ2) is 7.33. The number of anilines is 2. The molecule has 0 aliphatic carbocycles. The van der Waals surface area contributed by atoms with Crippen molar-refractivity contribution in [1.29, 1.82) is 0 Å². The maximum absolute atomic E-state index is 12.9. The summed E-state index contributed by atoms with van der Waals surface area (Å²) in [6.07, 6.45) is -2.60. The van der Waals surface area contributed by atoms with Crippen LogP contribution < -0.4 is 9.88 Å². The Labute approximate surface area is 154 Å². The highest BCUT2D eigenvalue weighted by molar-refractivity contribution is 7.13. The molecule has 3 rings (SSSR count). The van der Waals surface area contributed by atoms with Gasteiger partial charge in [0.1, 0.15) is 17.9 Å². The number of nitrogens with one attached hydrogen (secondary N) is 1. The predicted octanol–water partition coefficient (Wildman–Crippen LogP) is 5.96. The highest BCUT2D eigenvalue weighted by atomic mass is 32.1. The van der Waals surface area contributed by atoms with Gasteiger partial charge in [-0.2, -0.15) is 13.2 Å². The molecule has 6 heteroatoms. The Balaban J connectivity index is 1.96. The first kappa shape index (κ1) is 18.2. The van der Waals surface area contributed by atoms with E-state index in [1.165, 1.54) is 23.0 Å². The summed E-state index contributed by atoms with van der Waals surface area (Å²) in [5.74, 6) is 0. The van der Waals surface area contributed by atoms with E-state index in [9.17, 15) is 13.2 Å². The van der Waals surface area contributed by atoms with Crippen LogP contribution in [0.4, 0.5) is 24.0 Å². The highest BCUT2D eigenvalue weighted by Crippen LogP contribution is 2.32. The van der Waals surface area contributed by atoms with E-state index < -0.39 is 11.7 Å². The van der Waals surface area contributed by atoms with Crippen LogP contribution >= 0.6 is 11.3 Å². The minimum atomic E-state index is -4.36. The molecule has 0 bridgehead atoms. The van der Waals surface area contributed by atoms with Gasteiger partial charge in [0.25, 0.3) is 0 Å². The lowest BCUT2D eigenvalue weighted by atomic mass is 10.1. The van der Waals surface area contributed by atoms with Crippen molar-refractivity contribution in [3.8, 4) is 11.3 Å². The average Bonchev–Trinajstić information content (AvgIpc) is 2.98. The van der Waals surface area contributed by atoms with E-state index in [-0.39, 0.29) is 0 Å². The first-order valence-corrected chi connectivity index (χ1v) is 8.90. The normalized spacial score (nSPS) is 11.4. The molecule has 26 heavy (non-hydrogen) atoms. The summed E-state index contributed by atoms with van der Waals surface area (Å²) in [5, 5.41) is 5.85. The average molecular weight is 375 g/mol. The van der Waals surface area contributed by atoms with Gasteiger partial charge in [0, 0.05) is 10.9 Å². The third-order valence-electron chi connectivity index (χ3n) is 3.92.